The molecule has 3 heteroatoms. The molecule has 0 radical (unpaired) electrons. The molecule has 102 valence electrons. The van der Waals surface area contributed by atoms with Crippen molar-refractivity contribution in [3.05, 3.63) is 34.9 Å². The second-order valence-corrected chi connectivity index (χ2v) is 5.19. The van der Waals surface area contributed by atoms with E-state index in [4.69, 9.17) is 9.84 Å². The van der Waals surface area contributed by atoms with Crippen LogP contribution >= 0.6 is 0 Å². The predicted molar refractivity (Wildman–Crippen MR) is 74.7 cm³/mol. The zero-order chi connectivity index (χ0) is 13.6. The summed E-state index contributed by atoms with van der Waals surface area (Å²) in [5, 5.41) is 12.7. The van der Waals surface area contributed by atoms with E-state index in [-0.39, 0.29) is 12.1 Å². The molecule has 0 amide bonds. The predicted octanol–water partition coefficient (Wildman–Crippen LogP) is 2.18. The van der Waals surface area contributed by atoms with Crippen LogP contribution in [0.3, 0.4) is 0 Å². The van der Waals surface area contributed by atoms with Crippen molar-refractivity contribution in [2.24, 2.45) is 0 Å². The molecule has 0 saturated heterocycles. The van der Waals surface area contributed by atoms with Crippen molar-refractivity contribution >= 4 is 0 Å². The molecule has 0 aliphatic rings. The summed E-state index contributed by atoms with van der Waals surface area (Å²) in [5.74, 6) is 0. The van der Waals surface area contributed by atoms with E-state index in [1.807, 2.05) is 0 Å². The number of hydrogen-bond acceptors (Lipinski definition) is 3. The quantitative estimate of drug-likeness (QED) is 0.780. The Bertz CT molecular complexity index is 351. The summed E-state index contributed by atoms with van der Waals surface area (Å²) in [4.78, 5) is 0. The van der Waals surface area contributed by atoms with Gasteiger partial charge >= 0.3 is 0 Å². The van der Waals surface area contributed by atoms with Crippen LogP contribution < -0.4 is 5.32 Å². The van der Waals surface area contributed by atoms with E-state index < -0.39 is 0 Å². The lowest BCUT2D eigenvalue weighted by atomic mass is 9.97. The molecule has 1 aromatic rings. The summed E-state index contributed by atoms with van der Waals surface area (Å²) < 4.78 is 5.23. The molecule has 0 aliphatic heterocycles. The Labute approximate surface area is 110 Å². The average Bonchev–Trinajstić information content (AvgIpc) is 2.29. The van der Waals surface area contributed by atoms with E-state index in [2.05, 4.69) is 44.3 Å². The highest BCUT2D eigenvalue weighted by molar-refractivity contribution is 5.33. The fraction of sp³-hybridized carbons (Fsp3) is 0.600. The first kappa shape index (κ1) is 15.2. The first-order chi connectivity index (χ1) is 8.52. The molecule has 0 spiro atoms. The van der Waals surface area contributed by atoms with Crippen molar-refractivity contribution in [3.63, 3.8) is 0 Å². The van der Waals surface area contributed by atoms with E-state index >= 15 is 0 Å². The van der Waals surface area contributed by atoms with Crippen LogP contribution in [0.15, 0.2) is 18.2 Å². The Morgan fingerprint density at radius 3 is 2.39 bits per heavy atom. The zero-order valence-corrected chi connectivity index (χ0v) is 11.9. The number of rotatable bonds is 7. The van der Waals surface area contributed by atoms with Gasteiger partial charge < -0.3 is 15.2 Å². The standard InChI is InChI=1S/C15H25NO2/c1-12-6-5-7-13(2)14(12)10-16-15(3,8-9-17)11-18-4/h5-7,16-17H,8-11H2,1-4H3. The van der Waals surface area contributed by atoms with Gasteiger partial charge in [-0.1, -0.05) is 18.2 Å². The molecule has 0 heterocycles. The molecule has 0 aliphatic carbocycles. The average molecular weight is 251 g/mol. The summed E-state index contributed by atoms with van der Waals surface area (Å²) in [6.07, 6.45) is 0.686. The highest BCUT2D eigenvalue weighted by atomic mass is 16.5. The van der Waals surface area contributed by atoms with Gasteiger partial charge in [0.2, 0.25) is 0 Å². The summed E-state index contributed by atoms with van der Waals surface area (Å²) >= 11 is 0. The molecule has 1 rings (SSSR count). The molecule has 1 atom stereocenters. The largest absolute Gasteiger partial charge is 0.396 e. The van der Waals surface area contributed by atoms with Crippen LogP contribution in [0.1, 0.15) is 30.0 Å². The van der Waals surface area contributed by atoms with Crippen molar-refractivity contribution in [3.8, 4) is 0 Å². The number of hydrogen-bond donors (Lipinski definition) is 2. The Kier molecular flexibility index (Phi) is 5.79. The summed E-state index contributed by atoms with van der Waals surface area (Å²) in [6, 6.07) is 6.34. The summed E-state index contributed by atoms with van der Waals surface area (Å²) in [5.41, 5.74) is 3.74. The smallest absolute Gasteiger partial charge is 0.0642 e. The molecule has 3 nitrogen and oxygen atoms in total. The molecular weight excluding hydrogens is 226 g/mol. The van der Waals surface area contributed by atoms with Crippen LogP contribution in [0.4, 0.5) is 0 Å². The molecule has 0 aromatic heterocycles. The van der Waals surface area contributed by atoms with Gasteiger partial charge in [-0.15, -0.1) is 0 Å². The van der Waals surface area contributed by atoms with Crippen LogP contribution in [0.2, 0.25) is 0 Å². The molecule has 0 bridgehead atoms. The van der Waals surface area contributed by atoms with E-state index in [1.54, 1.807) is 7.11 Å². The summed E-state index contributed by atoms with van der Waals surface area (Å²) in [7, 11) is 1.69. The fourth-order valence-corrected chi connectivity index (χ4v) is 2.21. The minimum Gasteiger partial charge on any atom is -0.396 e. The maximum Gasteiger partial charge on any atom is 0.0642 e. The number of aryl methyl sites for hydroxylation is 2. The molecule has 18 heavy (non-hydrogen) atoms. The Morgan fingerprint density at radius 2 is 1.89 bits per heavy atom. The Balaban J connectivity index is 2.72. The number of methoxy groups -OCH3 is 1. The van der Waals surface area contributed by atoms with Crippen molar-refractivity contribution in [1.82, 2.24) is 5.32 Å². The second kappa shape index (κ2) is 6.88. The first-order valence-corrected chi connectivity index (χ1v) is 6.42. The Morgan fingerprint density at radius 1 is 1.28 bits per heavy atom. The van der Waals surface area contributed by atoms with Crippen molar-refractivity contribution < 1.29 is 9.84 Å². The van der Waals surface area contributed by atoms with Gasteiger partial charge in [-0.05, 0) is 43.9 Å². The highest BCUT2D eigenvalue weighted by Gasteiger charge is 2.23. The number of aliphatic hydroxyl groups excluding tert-OH is 1. The third-order valence-electron chi connectivity index (χ3n) is 3.46. The highest BCUT2D eigenvalue weighted by Crippen LogP contribution is 2.16. The minimum atomic E-state index is -0.182. The molecule has 0 saturated carbocycles. The lowest BCUT2D eigenvalue weighted by molar-refractivity contribution is 0.0969. The van der Waals surface area contributed by atoms with Gasteiger partial charge in [0.25, 0.3) is 0 Å². The van der Waals surface area contributed by atoms with Gasteiger partial charge in [0.05, 0.1) is 6.61 Å². The topological polar surface area (TPSA) is 41.5 Å². The van der Waals surface area contributed by atoms with Crippen molar-refractivity contribution in [1.29, 1.82) is 0 Å². The molecule has 1 aromatic carbocycles. The van der Waals surface area contributed by atoms with E-state index in [0.717, 1.165) is 6.54 Å². The van der Waals surface area contributed by atoms with E-state index in [9.17, 15) is 0 Å². The van der Waals surface area contributed by atoms with Crippen LogP contribution in [0.5, 0.6) is 0 Å². The SMILES string of the molecule is COCC(C)(CCO)NCc1c(C)cccc1C. The van der Waals surface area contributed by atoms with Crippen LogP contribution in [0, 0.1) is 13.8 Å². The Hall–Kier alpha value is -0.900. The summed E-state index contributed by atoms with van der Waals surface area (Å²) in [6.45, 7) is 7.91. The maximum absolute atomic E-state index is 9.14. The van der Waals surface area contributed by atoms with Gasteiger partial charge in [0, 0.05) is 25.8 Å². The fourth-order valence-electron chi connectivity index (χ4n) is 2.21. The molecule has 2 N–H and O–H groups in total. The van der Waals surface area contributed by atoms with Crippen LogP contribution in [-0.4, -0.2) is 31.0 Å². The molecule has 1 unspecified atom stereocenters. The minimum absolute atomic E-state index is 0.166. The number of ether oxygens (including phenoxy) is 1. The van der Waals surface area contributed by atoms with E-state index in [0.29, 0.717) is 13.0 Å². The van der Waals surface area contributed by atoms with E-state index in [1.165, 1.54) is 16.7 Å². The van der Waals surface area contributed by atoms with Crippen LogP contribution in [0.25, 0.3) is 0 Å². The van der Waals surface area contributed by atoms with Gasteiger partial charge in [-0.3, -0.25) is 0 Å². The lowest BCUT2D eigenvalue weighted by Gasteiger charge is -2.30. The van der Waals surface area contributed by atoms with Gasteiger partial charge in [-0.2, -0.15) is 0 Å². The molecular formula is C15H25NO2. The number of benzene rings is 1. The first-order valence-electron chi connectivity index (χ1n) is 6.42. The van der Waals surface area contributed by atoms with Crippen LogP contribution in [-0.2, 0) is 11.3 Å². The monoisotopic (exact) mass is 251 g/mol. The maximum atomic E-state index is 9.14. The second-order valence-electron chi connectivity index (χ2n) is 5.19. The van der Waals surface area contributed by atoms with Crippen molar-refractivity contribution in [2.75, 3.05) is 20.3 Å². The molecule has 0 fully saturated rings. The van der Waals surface area contributed by atoms with Gasteiger partial charge in [-0.25, -0.2) is 0 Å². The normalized spacial score (nSPS) is 14.5. The number of nitrogens with one attached hydrogen (secondary N) is 1. The van der Waals surface area contributed by atoms with Crippen molar-refractivity contribution in [2.45, 2.75) is 39.3 Å². The lowest BCUT2D eigenvalue weighted by Crippen LogP contribution is -2.46. The zero-order valence-electron chi connectivity index (χ0n) is 11.9. The number of aliphatic hydroxyl groups is 1. The van der Waals surface area contributed by atoms with Gasteiger partial charge in [0.1, 0.15) is 0 Å². The third kappa shape index (κ3) is 4.09. The third-order valence-corrected chi connectivity index (χ3v) is 3.46. The van der Waals surface area contributed by atoms with Gasteiger partial charge in [0.15, 0.2) is 0 Å².